The van der Waals surface area contributed by atoms with E-state index in [9.17, 15) is 19.2 Å². The van der Waals surface area contributed by atoms with Gasteiger partial charge < -0.3 is 10.2 Å². The topological polar surface area (TPSA) is 86.8 Å². The standard InChI is InChI=1S/C31H33N3O4/c1-3-32-29(36)27(20-23-13-5-4-6-14-23)34(21-24-15-8-7-12-22(24)2)28(35)18-11-19-33-30(37)25-16-9-10-17-26(25)31(33)38/h4-10,12-17,27H,3,11,18-21H2,1-2H3,(H,32,36)/t27-/m1/s1. The summed E-state index contributed by atoms with van der Waals surface area (Å²) in [5, 5.41) is 2.89. The Morgan fingerprint density at radius 2 is 1.47 bits per heavy atom. The van der Waals surface area contributed by atoms with E-state index in [1.165, 1.54) is 4.90 Å². The third-order valence-corrected chi connectivity index (χ3v) is 6.87. The summed E-state index contributed by atoms with van der Waals surface area (Å²) >= 11 is 0. The van der Waals surface area contributed by atoms with Crippen LogP contribution in [0.4, 0.5) is 0 Å². The second-order valence-corrected chi connectivity index (χ2v) is 9.46. The van der Waals surface area contributed by atoms with Crippen LogP contribution in [0.25, 0.3) is 0 Å². The summed E-state index contributed by atoms with van der Waals surface area (Å²) in [7, 11) is 0. The summed E-state index contributed by atoms with van der Waals surface area (Å²) in [6.07, 6.45) is 0.786. The molecule has 0 saturated heterocycles. The molecule has 1 aliphatic rings. The maximum absolute atomic E-state index is 13.7. The Balaban J connectivity index is 1.53. The number of aryl methyl sites for hydroxylation is 1. The molecule has 0 spiro atoms. The van der Waals surface area contributed by atoms with Gasteiger partial charge in [0.25, 0.3) is 11.8 Å². The molecule has 38 heavy (non-hydrogen) atoms. The monoisotopic (exact) mass is 511 g/mol. The molecule has 4 rings (SSSR count). The number of rotatable bonds is 11. The summed E-state index contributed by atoms with van der Waals surface area (Å²) in [4.78, 5) is 55.3. The van der Waals surface area contributed by atoms with E-state index in [2.05, 4.69) is 5.32 Å². The predicted molar refractivity (Wildman–Crippen MR) is 145 cm³/mol. The number of carbonyl (C=O) groups is 4. The van der Waals surface area contributed by atoms with Gasteiger partial charge in [0.1, 0.15) is 6.04 Å². The van der Waals surface area contributed by atoms with Crippen LogP contribution >= 0.6 is 0 Å². The number of imide groups is 1. The zero-order chi connectivity index (χ0) is 27.1. The molecule has 3 aromatic carbocycles. The van der Waals surface area contributed by atoms with Gasteiger partial charge in [-0.2, -0.15) is 0 Å². The lowest BCUT2D eigenvalue weighted by atomic mass is 10.0. The van der Waals surface area contributed by atoms with Crippen molar-refractivity contribution in [3.63, 3.8) is 0 Å². The molecule has 7 heteroatoms. The van der Waals surface area contributed by atoms with Gasteiger partial charge in [0.05, 0.1) is 11.1 Å². The molecule has 0 radical (unpaired) electrons. The number of likely N-dealkylation sites (N-methyl/N-ethyl adjacent to an activating group) is 1. The molecular formula is C31H33N3O4. The van der Waals surface area contributed by atoms with Gasteiger partial charge in [-0.1, -0.05) is 66.7 Å². The van der Waals surface area contributed by atoms with E-state index in [0.29, 0.717) is 30.5 Å². The molecule has 1 aliphatic heterocycles. The number of nitrogens with one attached hydrogen (secondary N) is 1. The van der Waals surface area contributed by atoms with E-state index in [0.717, 1.165) is 16.7 Å². The Morgan fingerprint density at radius 1 is 0.868 bits per heavy atom. The van der Waals surface area contributed by atoms with Crippen molar-refractivity contribution in [2.75, 3.05) is 13.1 Å². The van der Waals surface area contributed by atoms with Crippen molar-refractivity contribution in [3.8, 4) is 0 Å². The molecule has 1 N–H and O–H groups in total. The van der Waals surface area contributed by atoms with Crippen LogP contribution in [-0.4, -0.2) is 52.6 Å². The van der Waals surface area contributed by atoms with Crippen molar-refractivity contribution in [2.24, 2.45) is 0 Å². The fourth-order valence-corrected chi connectivity index (χ4v) is 4.79. The summed E-state index contributed by atoms with van der Waals surface area (Å²) in [5.41, 5.74) is 3.74. The Hall–Kier alpha value is -4.26. The highest BCUT2D eigenvalue weighted by Gasteiger charge is 2.35. The molecule has 1 atom stereocenters. The minimum Gasteiger partial charge on any atom is -0.355 e. The summed E-state index contributed by atoms with van der Waals surface area (Å²) < 4.78 is 0. The molecule has 0 unspecified atom stereocenters. The molecule has 0 fully saturated rings. The largest absolute Gasteiger partial charge is 0.355 e. The summed E-state index contributed by atoms with van der Waals surface area (Å²) in [5.74, 6) is -1.08. The van der Waals surface area contributed by atoms with Crippen LogP contribution < -0.4 is 5.32 Å². The lowest BCUT2D eigenvalue weighted by Gasteiger charge is -2.32. The molecule has 0 saturated carbocycles. The highest BCUT2D eigenvalue weighted by Crippen LogP contribution is 2.23. The van der Waals surface area contributed by atoms with E-state index in [-0.39, 0.29) is 43.1 Å². The third kappa shape index (κ3) is 5.99. The molecule has 1 heterocycles. The number of hydrogen-bond acceptors (Lipinski definition) is 4. The van der Waals surface area contributed by atoms with Crippen LogP contribution in [0, 0.1) is 6.92 Å². The van der Waals surface area contributed by atoms with Crippen LogP contribution in [0.1, 0.15) is 57.2 Å². The van der Waals surface area contributed by atoms with Crippen molar-refractivity contribution in [1.82, 2.24) is 15.1 Å². The van der Waals surface area contributed by atoms with Crippen LogP contribution in [0.2, 0.25) is 0 Å². The first-order valence-electron chi connectivity index (χ1n) is 13.0. The van der Waals surface area contributed by atoms with Crippen molar-refractivity contribution in [1.29, 1.82) is 0 Å². The lowest BCUT2D eigenvalue weighted by molar-refractivity contribution is -0.141. The fourth-order valence-electron chi connectivity index (χ4n) is 4.79. The van der Waals surface area contributed by atoms with E-state index >= 15 is 0 Å². The first-order valence-corrected chi connectivity index (χ1v) is 13.0. The highest BCUT2D eigenvalue weighted by molar-refractivity contribution is 6.21. The predicted octanol–water partition coefficient (Wildman–Crippen LogP) is 4.15. The molecule has 0 aliphatic carbocycles. The minimum atomic E-state index is -0.705. The summed E-state index contributed by atoms with van der Waals surface area (Å²) in [6, 6.07) is 23.5. The van der Waals surface area contributed by atoms with E-state index < -0.39 is 6.04 Å². The van der Waals surface area contributed by atoms with Crippen LogP contribution in [-0.2, 0) is 22.6 Å². The second-order valence-electron chi connectivity index (χ2n) is 9.46. The molecule has 0 aromatic heterocycles. The molecular weight excluding hydrogens is 478 g/mol. The molecule has 196 valence electrons. The number of nitrogens with zero attached hydrogens (tertiary/aromatic N) is 2. The van der Waals surface area contributed by atoms with Crippen molar-refractivity contribution >= 4 is 23.6 Å². The van der Waals surface area contributed by atoms with Gasteiger partial charge in [0, 0.05) is 32.5 Å². The average molecular weight is 512 g/mol. The van der Waals surface area contributed by atoms with E-state index in [1.54, 1.807) is 29.2 Å². The van der Waals surface area contributed by atoms with Gasteiger partial charge in [-0.05, 0) is 49.1 Å². The Morgan fingerprint density at radius 3 is 2.11 bits per heavy atom. The van der Waals surface area contributed by atoms with E-state index in [1.807, 2.05) is 68.4 Å². The van der Waals surface area contributed by atoms with Crippen LogP contribution in [0.15, 0.2) is 78.9 Å². The van der Waals surface area contributed by atoms with Crippen LogP contribution in [0.5, 0.6) is 0 Å². The van der Waals surface area contributed by atoms with Gasteiger partial charge in [0.15, 0.2) is 0 Å². The first-order chi connectivity index (χ1) is 18.4. The smallest absolute Gasteiger partial charge is 0.261 e. The maximum Gasteiger partial charge on any atom is 0.261 e. The third-order valence-electron chi connectivity index (χ3n) is 6.87. The van der Waals surface area contributed by atoms with Crippen molar-refractivity contribution in [2.45, 2.75) is 45.7 Å². The molecule has 0 bridgehead atoms. The lowest BCUT2D eigenvalue weighted by Crippen LogP contribution is -2.50. The number of hydrogen-bond donors (Lipinski definition) is 1. The van der Waals surface area contributed by atoms with Crippen molar-refractivity contribution < 1.29 is 19.2 Å². The van der Waals surface area contributed by atoms with Gasteiger partial charge in [-0.15, -0.1) is 0 Å². The Bertz CT molecular complexity index is 1290. The first kappa shape index (κ1) is 26.8. The Labute approximate surface area is 223 Å². The summed E-state index contributed by atoms with van der Waals surface area (Å²) in [6.45, 7) is 4.72. The molecule has 4 amide bonds. The number of fused-ring (bicyclic) bond motifs is 1. The quantitative estimate of drug-likeness (QED) is 0.392. The van der Waals surface area contributed by atoms with Crippen LogP contribution in [0.3, 0.4) is 0 Å². The van der Waals surface area contributed by atoms with Gasteiger partial charge in [-0.3, -0.25) is 24.1 Å². The fraction of sp³-hybridized carbons (Fsp3) is 0.290. The highest BCUT2D eigenvalue weighted by atomic mass is 16.2. The normalized spacial score (nSPS) is 13.3. The minimum absolute atomic E-state index is 0.101. The molecule has 3 aromatic rings. The zero-order valence-corrected chi connectivity index (χ0v) is 21.9. The average Bonchev–Trinajstić information content (AvgIpc) is 3.17. The maximum atomic E-state index is 13.7. The van der Waals surface area contributed by atoms with Gasteiger partial charge >= 0.3 is 0 Å². The van der Waals surface area contributed by atoms with E-state index in [4.69, 9.17) is 0 Å². The second kappa shape index (κ2) is 12.3. The zero-order valence-electron chi connectivity index (χ0n) is 21.9. The molecule has 7 nitrogen and oxygen atoms in total. The van der Waals surface area contributed by atoms with Gasteiger partial charge in [0.2, 0.25) is 11.8 Å². The van der Waals surface area contributed by atoms with Crippen molar-refractivity contribution in [3.05, 3.63) is 107 Å². The number of amides is 4. The Kier molecular flexibility index (Phi) is 8.69. The SMILES string of the molecule is CCNC(=O)[C@@H](Cc1ccccc1)N(Cc1ccccc1C)C(=O)CCCN1C(=O)c2ccccc2C1=O. The van der Waals surface area contributed by atoms with Gasteiger partial charge in [-0.25, -0.2) is 0 Å². The number of benzene rings is 3. The number of carbonyl (C=O) groups excluding carboxylic acids is 4.